The predicted molar refractivity (Wildman–Crippen MR) is 89.7 cm³/mol. The number of aliphatic hydroxyl groups is 1. The molecule has 0 aliphatic rings. The quantitative estimate of drug-likeness (QED) is 0.812. The van der Waals surface area contributed by atoms with Gasteiger partial charge in [0.15, 0.2) is 0 Å². The van der Waals surface area contributed by atoms with Crippen LogP contribution in [0, 0.1) is 6.92 Å². The van der Waals surface area contributed by atoms with E-state index >= 15 is 0 Å². The molecule has 118 valence electrons. The Balaban J connectivity index is 2.02. The molecule has 0 saturated heterocycles. The molecule has 3 heteroatoms. The van der Waals surface area contributed by atoms with Gasteiger partial charge in [-0.2, -0.15) is 0 Å². The first-order valence-electron chi connectivity index (χ1n) is 7.69. The maximum Gasteiger partial charge on any atom is 0.0917 e. The second-order valence-corrected chi connectivity index (χ2v) is 5.64. The summed E-state index contributed by atoms with van der Waals surface area (Å²) in [5, 5.41) is 10.4. The van der Waals surface area contributed by atoms with E-state index < -0.39 is 6.10 Å². The summed E-state index contributed by atoms with van der Waals surface area (Å²) in [6.07, 6.45) is -0.483. The van der Waals surface area contributed by atoms with Gasteiger partial charge in [-0.1, -0.05) is 60.2 Å². The van der Waals surface area contributed by atoms with Gasteiger partial charge < -0.3 is 9.84 Å². The second-order valence-electron chi connectivity index (χ2n) is 5.64. The number of methoxy groups -OCH3 is 1. The van der Waals surface area contributed by atoms with Gasteiger partial charge in [-0.25, -0.2) is 0 Å². The Labute approximate surface area is 133 Å². The number of hydrogen-bond donors (Lipinski definition) is 1. The van der Waals surface area contributed by atoms with E-state index in [0.717, 1.165) is 18.7 Å². The second kappa shape index (κ2) is 8.69. The number of ether oxygens (including phenoxy) is 1. The Kier molecular flexibility index (Phi) is 6.59. The van der Waals surface area contributed by atoms with Gasteiger partial charge in [-0.15, -0.1) is 0 Å². The normalized spacial score (nSPS) is 12.5. The molecular formula is C19H25NO2. The van der Waals surface area contributed by atoms with Crippen molar-refractivity contribution in [2.45, 2.75) is 19.6 Å². The van der Waals surface area contributed by atoms with Crippen molar-refractivity contribution in [1.82, 2.24) is 4.90 Å². The van der Waals surface area contributed by atoms with E-state index in [1.807, 2.05) is 30.3 Å². The third-order valence-corrected chi connectivity index (χ3v) is 3.72. The van der Waals surface area contributed by atoms with E-state index in [0.29, 0.717) is 13.2 Å². The molecule has 0 heterocycles. The largest absolute Gasteiger partial charge is 0.387 e. The van der Waals surface area contributed by atoms with E-state index in [9.17, 15) is 5.11 Å². The van der Waals surface area contributed by atoms with Crippen molar-refractivity contribution in [2.75, 3.05) is 26.8 Å². The zero-order valence-electron chi connectivity index (χ0n) is 13.4. The average molecular weight is 299 g/mol. The van der Waals surface area contributed by atoms with Crippen molar-refractivity contribution in [3.63, 3.8) is 0 Å². The highest BCUT2D eigenvalue weighted by molar-refractivity contribution is 5.22. The van der Waals surface area contributed by atoms with Gasteiger partial charge in [-0.05, 0) is 18.1 Å². The number of aliphatic hydroxyl groups excluding tert-OH is 1. The van der Waals surface area contributed by atoms with Crippen LogP contribution in [-0.4, -0.2) is 36.8 Å². The molecule has 1 unspecified atom stereocenters. The molecule has 3 nitrogen and oxygen atoms in total. The van der Waals surface area contributed by atoms with Crippen molar-refractivity contribution < 1.29 is 9.84 Å². The van der Waals surface area contributed by atoms with Gasteiger partial charge in [0.25, 0.3) is 0 Å². The lowest BCUT2D eigenvalue weighted by Crippen LogP contribution is -2.31. The summed E-state index contributed by atoms with van der Waals surface area (Å²) in [6.45, 7) is 4.97. The van der Waals surface area contributed by atoms with Crippen molar-refractivity contribution in [1.29, 1.82) is 0 Å². The van der Waals surface area contributed by atoms with Crippen LogP contribution >= 0.6 is 0 Å². The van der Waals surface area contributed by atoms with E-state index in [1.54, 1.807) is 7.11 Å². The third-order valence-electron chi connectivity index (χ3n) is 3.72. The van der Waals surface area contributed by atoms with Gasteiger partial charge in [0.1, 0.15) is 0 Å². The maximum absolute atomic E-state index is 10.4. The molecule has 0 aromatic heterocycles. The SMILES string of the molecule is COCCN(Cc1cccc(C)c1)CC(O)c1ccccc1. The van der Waals surface area contributed by atoms with E-state index in [1.165, 1.54) is 11.1 Å². The zero-order valence-corrected chi connectivity index (χ0v) is 13.4. The van der Waals surface area contributed by atoms with Crippen LogP contribution in [0.5, 0.6) is 0 Å². The fourth-order valence-electron chi connectivity index (χ4n) is 2.55. The van der Waals surface area contributed by atoms with Crippen molar-refractivity contribution >= 4 is 0 Å². The zero-order chi connectivity index (χ0) is 15.8. The topological polar surface area (TPSA) is 32.7 Å². The molecule has 0 aliphatic heterocycles. The number of benzene rings is 2. The summed E-state index contributed by atoms with van der Waals surface area (Å²) in [4.78, 5) is 2.23. The summed E-state index contributed by atoms with van der Waals surface area (Å²) in [5.41, 5.74) is 3.47. The summed E-state index contributed by atoms with van der Waals surface area (Å²) < 4.78 is 5.20. The van der Waals surface area contributed by atoms with Crippen molar-refractivity contribution in [2.24, 2.45) is 0 Å². The van der Waals surface area contributed by atoms with Gasteiger partial charge in [-0.3, -0.25) is 4.90 Å². The van der Waals surface area contributed by atoms with Gasteiger partial charge in [0.05, 0.1) is 12.7 Å². The molecule has 0 spiro atoms. The first-order chi connectivity index (χ1) is 10.7. The average Bonchev–Trinajstić information content (AvgIpc) is 2.53. The highest BCUT2D eigenvalue weighted by Crippen LogP contribution is 2.16. The minimum absolute atomic E-state index is 0.483. The standard InChI is InChI=1S/C19H25NO2/c1-16-7-6-8-17(13-16)14-20(11-12-22-2)15-19(21)18-9-4-3-5-10-18/h3-10,13,19,21H,11-12,14-15H2,1-2H3. The number of nitrogens with zero attached hydrogens (tertiary/aromatic N) is 1. The van der Waals surface area contributed by atoms with Crippen molar-refractivity contribution in [3.8, 4) is 0 Å². The molecule has 0 fully saturated rings. The molecule has 2 rings (SSSR count). The van der Waals surface area contributed by atoms with Crippen LogP contribution in [0.1, 0.15) is 22.8 Å². The lowest BCUT2D eigenvalue weighted by atomic mass is 10.1. The summed E-state index contributed by atoms with van der Waals surface area (Å²) in [6, 6.07) is 18.3. The molecule has 0 saturated carbocycles. The Bertz CT molecular complexity index is 556. The molecule has 2 aromatic rings. The van der Waals surface area contributed by atoms with Crippen LogP contribution in [0.3, 0.4) is 0 Å². The molecule has 0 bridgehead atoms. The molecule has 0 aliphatic carbocycles. The fraction of sp³-hybridized carbons (Fsp3) is 0.368. The van der Waals surface area contributed by atoms with E-state index in [-0.39, 0.29) is 0 Å². The highest BCUT2D eigenvalue weighted by atomic mass is 16.5. The predicted octanol–water partition coefficient (Wildman–Crippen LogP) is 3.18. The van der Waals surface area contributed by atoms with Gasteiger partial charge in [0, 0.05) is 26.7 Å². The number of rotatable bonds is 8. The Hall–Kier alpha value is -1.68. The van der Waals surface area contributed by atoms with Gasteiger partial charge >= 0.3 is 0 Å². The van der Waals surface area contributed by atoms with Crippen LogP contribution in [0.25, 0.3) is 0 Å². The number of aryl methyl sites for hydroxylation is 1. The molecule has 22 heavy (non-hydrogen) atoms. The summed E-state index contributed by atoms with van der Waals surface area (Å²) in [5.74, 6) is 0. The van der Waals surface area contributed by atoms with Crippen LogP contribution in [0.4, 0.5) is 0 Å². The fourth-order valence-corrected chi connectivity index (χ4v) is 2.55. The molecule has 1 N–H and O–H groups in total. The lowest BCUT2D eigenvalue weighted by Gasteiger charge is -2.25. The highest BCUT2D eigenvalue weighted by Gasteiger charge is 2.14. The summed E-state index contributed by atoms with van der Waals surface area (Å²) in [7, 11) is 1.71. The van der Waals surface area contributed by atoms with Crippen LogP contribution in [0.15, 0.2) is 54.6 Å². The van der Waals surface area contributed by atoms with Crippen LogP contribution in [-0.2, 0) is 11.3 Å². The Morgan fingerprint density at radius 3 is 2.55 bits per heavy atom. The Morgan fingerprint density at radius 2 is 1.86 bits per heavy atom. The molecule has 2 aromatic carbocycles. The molecule has 1 atom stereocenters. The summed E-state index contributed by atoms with van der Waals surface area (Å²) >= 11 is 0. The van der Waals surface area contributed by atoms with Gasteiger partial charge in [0.2, 0.25) is 0 Å². The minimum Gasteiger partial charge on any atom is -0.387 e. The minimum atomic E-state index is -0.483. The van der Waals surface area contributed by atoms with Crippen LogP contribution < -0.4 is 0 Å². The van der Waals surface area contributed by atoms with E-state index in [2.05, 4.69) is 36.1 Å². The smallest absolute Gasteiger partial charge is 0.0917 e. The van der Waals surface area contributed by atoms with Crippen molar-refractivity contribution in [3.05, 3.63) is 71.3 Å². The monoisotopic (exact) mass is 299 g/mol. The first kappa shape index (κ1) is 16.7. The van der Waals surface area contributed by atoms with E-state index in [4.69, 9.17) is 4.74 Å². The first-order valence-corrected chi connectivity index (χ1v) is 7.69. The maximum atomic E-state index is 10.4. The molecular weight excluding hydrogens is 274 g/mol. The third kappa shape index (κ3) is 5.26. The van der Waals surface area contributed by atoms with Crippen LogP contribution in [0.2, 0.25) is 0 Å². The Morgan fingerprint density at radius 1 is 1.09 bits per heavy atom. The lowest BCUT2D eigenvalue weighted by molar-refractivity contribution is 0.0849. The molecule has 0 radical (unpaired) electrons. The molecule has 0 amide bonds. The number of hydrogen-bond acceptors (Lipinski definition) is 3.